The lowest BCUT2D eigenvalue weighted by molar-refractivity contribution is 0.0911. The van der Waals surface area contributed by atoms with Crippen LogP contribution in [-0.2, 0) is 0 Å². The van der Waals surface area contributed by atoms with Gasteiger partial charge < -0.3 is 11.1 Å². The summed E-state index contributed by atoms with van der Waals surface area (Å²) in [5, 5.41) is 3.57. The molecule has 0 heterocycles. The Bertz CT molecular complexity index is 470. The van der Waals surface area contributed by atoms with E-state index in [1.54, 1.807) is 18.2 Å². The molecule has 1 unspecified atom stereocenters. The van der Waals surface area contributed by atoms with Crippen LogP contribution in [0.1, 0.15) is 55.8 Å². The van der Waals surface area contributed by atoms with Crippen LogP contribution < -0.4 is 11.1 Å². The summed E-state index contributed by atoms with van der Waals surface area (Å²) >= 11 is 6.10. The number of amides is 1. The number of hydrogen-bond acceptors (Lipinski definition) is 2. The second-order valence-corrected chi connectivity index (χ2v) is 6.03. The minimum atomic E-state index is -0.0903. The van der Waals surface area contributed by atoms with E-state index in [-0.39, 0.29) is 11.9 Å². The number of nitrogens with two attached hydrogens (primary N) is 1. The van der Waals surface area contributed by atoms with Crippen LogP contribution in [0, 0.1) is 5.92 Å². The lowest BCUT2D eigenvalue weighted by Crippen LogP contribution is -2.40. The van der Waals surface area contributed by atoms with Gasteiger partial charge in [0, 0.05) is 11.7 Å². The Morgan fingerprint density at radius 1 is 1.40 bits per heavy atom. The first-order valence-corrected chi connectivity index (χ1v) is 7.85. The van der Waals surface area contributed by atoms with Gasteiger partial charge in [-0.05, 0) is 43.4 Å². The summed E-state index contributed by atoms with van der Waals surface area (Å²) in [6, 6.07) is 5.28. The monoisotopic (exact) mass is 294 g/mol. The fourth-order valence-corrected chi connectivity index (χ4v) is 3.33. The molecule has 0 aliphatic heterocycles. The number of benzene rings is 1. The first-order valence-electron chi connectivity index (χ1n) is 7.47. The maximum Gasteiger partial charge on any atom is 0.253 e. The molecule has 1 aliphatic carbocycles. The standard InChI is InChI=1S/C16H23ClN2O/c1-2-15(11-6-4-3-5-7-11)19-16(20)13-9-8-12(18)10-14(13)17/h8-11,15H,2-7,18H2,1H3,(H,19,20). The fraction of sp³-hybridized carbons (Fsp3) is 0.562. The Morgan fingerprint density at radius 2 is 2.10 bits per heavy atom. The predicted octanol–water partition coefficient (Wildman–Crippen LogP) is 4.01. The van der Waals surface area contributed by atoms with E-state index in [2.05, 4.69) is 12.2 Å². The number of nitrogens with one attached hydrogen (secondary N) is 1. The van der Waals surface area contributed by atoms with Crippen molar-refractivity contribution in [1.82, 2.24) is 5.32 Å². The molecule has 1 amide bonds. The van der Waals surface area contributed by atoms with Gasteiger partial charge in [0.1, 0.15) is 0 Å². The van der Waals surface area contributed by atoms with Crippen molar-refractivity contribution in [3.63, 3.8) is 0 Å². The minimum Gasteiger partial charge on any atom is -0.399 e. The van der Waals surface area contributed by atoms with Crippen molar-refractivity contribution < 1.29 is 4.79 Å². The summed E-state index contributed by atoms with van der Waals surface area (Å²) in [5.41, 5.74) is 6.74. The molecule has 3 N–H and O–H groups in total. The van der Waals surface area contributed by atoms with Gasteiger partial charge in [0.2, 0.25) is 0 Å². The van der Waals surface area contributed by atoms with Crippen LogP contribution in [0.25, 0.3) is 0 Å². The van der Waals surface area contributed by atoms with Gasteiger partial charge in [-0.2, -0.15) is 0 Å². The van der Waals surface area contributed by atoms with E-state index in [1.807, 2.05) is 0 Å². The van der Waals surface area contributed by atoms with E-state index < -0.39 is 0 Å². The third-order valence-electron chi connectivity index (χ3n) is 4.21. The topological polar surface area (TPSA) is 55.1 Å². The lowest BCUT2D eigenvalue weighted by Gasteiger charge is -2.30. The summed E-state index contributed by atoms with van der Waals surface area (Å²) in [4.78, 5) is 12.4. The number of hydrogen-bond donors (Lipinski definition) is 2. The number of anilines is 1. The van der Waals surface area contributed by atoms with Gasteiger partial charge in [-0.1, -0.05) is 37.8 Å². The molecule has 0 radical (unpaired) electrons. The van der Waals surface area contributed by atoms with Crippen LogP contribution in [0.5, 0.6) is 0 Å². The summed E-state index contributed by atoms with van der Waals surface area (Å²) < 4.78 is 0. The van der Waals surface area contributed by atoms with Gasteiger partial charge in [-0.3, -0.25) is 4.79 Å². The van der Waals surface area contributed by atoms with Crippen LogP contribution >= 0.6 is 11.6 Å². The van der Waals surface area contributed by atoms with Crippen molar-refractivity contribution in [2.75, 3.05) is 5.73 Å². The normalized spacial score (nSPS) is 17.7. The molecule has 1 aromatic carbocycles. The van der Waals surface area contributed by atoms with Gasteiger partial charge >= 0.3 is 0 Å². The number of rotatable bonds is 4. The zero-order valence-electron chi connectivity index (χ0n) is 12.0. The molecule has 20 heavy (non-hydrogen) atoms. The van der Waals surface area contributed by atoms with E-state index in [4.69, 9.17) is 17.3 Å². The Hall–Kier alpha value is -1.22. The second kappa shape index (κ2) is 6.98. The molecule has 2 rings (SSSR count). The van der Waals surface area contributed by atoms with E-state index >= 15 is 0 Å². The van der Waals surface area contributed by atoms with Crippen molar-refractivity contribution in [3.8, 4) is 0 Å². The second-order valence-electron chi connectivity index (χ2n) is 5.63. The van der Waals surface area contributed by atoms with Gasteiger partial charge in [0.05, 0.1) is 10.6 Å². The number of carbonyl (C=O) groups excluding carboxylic acids is 1. The van der Waals surface area contributed by atoms with Gasteiger partial charge in [0.15, 0.2) is 0 Å². The van der Waals surface area contributed by atoms with Crippen molar-refractivity contribution in [2.45, 2.75) is 51.5 Å². The SMILES string of the molecule is CCC(NC(=O)c1ccc(N)cc1Cl)C1CCCCC1. The Kier molecular flexibility index (Phi) is 5.30. The molecule has 0 bridgehead atoms. The molecule has 4 heteroatoms. The number of halogens is 1. The van der Waals surface area contributed by atoms with Gasteiger partial charge in [0.25, 0.3) is 5.91 Å². The maximum absolute atomic E-state index is 12.4. The predicted molar refractivity (Wildman–Crippen MR) is 84.0 cm³/mol. The Morgan fingerprint density at radius 3 is 2.70 bits per heavy atom. The molecular formula is C16H23ClN2O. The first kappa shape index (κ1) is 15.2. The molecule has 3 nitrogen and oxygen atoms in total. The van der Waals surface area contributed by atoms with Crippen LogP contribution in [-0.4, -0.2) is 11.9 Å². The smallest absolute Gasteiger partial charge is 0.253 e. The highest BCUT2D eigenvalue weighted by atomic mass is 35.5. The lowest BCUT2D eigenvalue weighted by atomic mass is 9.83. The zero-order valence-corrected chi connectivity index (χ0v) is 12.7. The van der Waals surface area contributed by atoms with Crippen molar-refractivity contribution >= 4 is 23.2 Å². The molecule has 1 saturated carbocycles. The van der Waals surface area contributed by atoms with Crippen molar-refractivity contribution in [1.29, 1.82) is 0 Å². The van der Waals surface area contributed by atoms with Crippen LogP contribution in [0.2, 0.25) is 5.02 Å². The molecule has 0 aromatic heterocycles. The zero-order chi connectivity index (χ0) is 14.5. The highest BCUT2D eigenvalue weighted by Gasteiger charge is 2.24. The highest BCUT2D eigenvalue weighted by molar-refractivity contribution is 6.34. The average Bonchev–Trinajstić information content (AvgIpc) is 2.45. The minimum absolute atomic E-state index is 0.0903. The van der Waals surface area contributed by atoms with Crippen molar-refractivity contribution in [2.24, 2.45) is 5.92 Å². The molecule has 110 valence electrons. The van der Waals surface area contributed by atoms with E-state index in [0.29, 0.717) is 22.2 Å². The molecule has 0 saturated heterocycles. The Labute approximate surface area is 125 Å². The summed E-state index contributed by atoms with van der Waals surface area (Å²) in [7, 11) is 0. The summed E-state index contributed by atoms with van der Waals surface area (Å²) in [6.45, 7) is 2.13. The number of nitrogen functional groups attached to an aromatic ring is 1. The Balaban J connectivity index is 2.04. The summed E-state index contributed by atoms with van der Waals surface area (Å²) in [5.74, 6) is 0.512. The highest BCUT2D eigenvalue weighted by Crippen LogP contribution is 2.28. The maximum atomic E-state index is 12.4. The van der Waals surface area contributed by atoms with Crippen molar-refractivity contribution in [3.05, 3.63) is 28.8 Å². The first-order chi connectivity index (χ1) is 9.61. The number of carbonyl (C=O) groups is 1. The van der Waals surface area contributed by atoms with Crippen LogP contribution in [0.15, 0.2) is 18.2 Å². The molecule has 1 atom stereocenters. The van der Waals surface area contributed by atoms with E-state index in [0.717, 1.165) is 6.42 Å². The largest absolute Gasteiger partial charge is 0.399 e. The molecule has 1 fully saturated rings. The molecule has 1 aromatic rings. The average molecular weight is 295 g/mol. The third kappa shape index (κ3) is 3.66. The molecule has 0 spiro atoms. The fourth-order valence-electron chi connectivity index (χ4n) is 3.05. The van der Waals surface area contributed by atoms with E-state index in [1.165, 1.54) is 32.1 Å². The van der Waals surface area contributed by atoms with Gasteiger partial charge in [-0.15, -0.1) is 0 Å². The quantitative estimate of drug-likeness (QED) is 0.824. The van der Waals surface area contributed by atoms with Crippen LogP contribution in [0.4, 0.5) is 5.69 Å². The van der Waals surface area contributed by atoms with Crippen LogP contribution in [0.3, 0.4) is 0 Å². The van der Waals surface area contributed by atoms with E-state index in [9.17, 15) is 4.79 Å². The third-order valence-corrected chi connectivity index (χ3v) is 4.53. The summed E-state index contributed by atoms with van der Waals surface area (Å²) in [6.07, 6.45) is 7.27. The molecule has 1 aliphatic rings. The molecular weight excluding hydrogens is 272 g/mol. The van der Waals surface area contributed by atoms with Gasteiger partial charge in [-0.25, -0.2) is 0 Å².